The standard InChI is InChI=1S/C22H16N2O6/c1-11(25)23-24-8-14-6-12-3-5-16-21(30-10-28-16)19(12)18(20(14)22(24)26)13-2-4-15-17(7-13)29-9-27-15/h2-7H,8-10H2,1H3,(H,23,25). The van der Waals surface area contributed by atoms with Gasteiger partial charge in [-0.25, -0.2) is 5.01 Å². The first-order valence-corrected chi connectivity index (χ1v) is 9.47. The van der Waals surface area contributed by atoms with Crippen molar-refractivity contribution < 1.29 is 28.5 Å². The van der Waals surface area contributed by atoms with Gasteiger partial charge in [-0.2, -0.15) is 0 Å². The number of nitrogens with zero attached hydrogens (tertiary/aromatic N) is 1. The Kier molecular flexibility index (Phi) is 3.41. The molecule has 3 aromatic rings. The van der Waals surface area contributed by atoms with E-state index in [1.807, 2.05) is 36.4 Å². The van der Waals surface area contributed by atoms with E-state index in [4.69, 9.17) is 18.9 Å². The molecule has 150 valence electrons. The van der Waals surface area contributed by atoms with Gasteiger partial charge in [0.15, 0.2) is 23.0 Å². The first-order valence-electron chi connectivity index (χ1n) is 9.47. The Morgan fingerprint density at radius 1 is 0.933 bits per heavy atom. The molecule has 0 radical (unpaired) electrons. The third-order valence-electron chi connectivity index (χ3n) is 5.46. The molecule has 3 aliphatic heterocycles. The highest BCUT2D eigenvalue weighted by atomic mass is 16.7. The van der Waals surface area contributed by atoms with Crippen molar-refractivity contribution >= 4 is 22.6 Å². The molecule has 0 saturated carbocycles. The predicted octanol–water partition coefficient (Wildman–Crippen LogP) is 2.97. The van der Waals surface area contributed by atoms with Crippen LogP contribution in [0.3, 0.4) is 0 Å². The summed E-state index contributed by atoms with van der Waals surface area (Å²) in [7, 11) is 0. The van der Waals surface area contributed by atoms with Crippen LogP contribution in [0.1, 0.15) is 22.8 Å². The van der Waals surface area contributed by atoms with Crippen molar-refractivity contribution in [3.05, 3.63) is 47.5 Å². The number of benzene rings is 3. The highest BCUT2D eigenvalue weighted by Gasteiger charge is 2.35. The fraction of sp³-hybridized carbons (Fsp3) is 0.182. The number of amides is 2. The summed E-state index contributed by atoms with van der Waals surface area (Å²) in [6, 6.07) is 11.4. The van der Waals surface area contributed by atoms with Crippen LogP contribution in [0.25, 0.3) is 21.9 Å². The molecule has 6 rings (SSSR count). The molecule has 3 aromatic carbocycles. The first-order chi connectivity index (χ1) is 14.6. The topological polar surface area (TPSA) is 86.3 Å². The third-order valence-corrected chi connectivity index (χ3v) is 5.46. The molecule has 8 nitrogen and oxygen atoms in total. The van der Waals surface area contributed by atoms with E-state index in [1.165, 1.54) is 11.9 Å². The minimum absolute atomic E-state index is 0.123. The lowest BCUT2D eigenvalue weighted by Crippen LogP contribution is -2.41. The van der Waals surface area contributed by atoms with Crippen LogP contribution >= 0.6 is 0 Å². The maximum absolute atomic E-state index is 13.3. The van der Waals surface area contributed by atoms with Crippen molar-refractivity contribution in [1.82, 2.24) is 10.4 Å². The molecule has 0 spiro atoms. The van der Waals surface area contributed by atoms with Crippen LogP contribution in [0.5, 0.6) is 23.0 Å². The number of hydrazine groups is 1. The third kappa shape index (κ3) is 2.33. The molecule has 0 fully saturated rings. The highest BCUT2D eigenvalue weighted by Crippen LogP contribution is 2.48. The molecule has 0 saturated heterocycles. The van der Waals surface area contributed by atoms with E-state index in [-0.39, 0.29) is 31.9 Å². The minimum Gasteiger partial charge on any atom is -0.454 e. The SMILES string of the molecule is CC(=O)NN1Cc2cc3ccc4c(c3c(-c3ccc5c(c3)OCO5)c2C1=O)OCO4. The number of nitrogens with one attached hydrogen (secondary N) is 1. The lowest BCUT2D eigenvalue weighted by Gasteiger charge is -2.16. The molecule has 0 aromatic heterocycles. The van der Waals surface area contributed by atoms with Crippen LogP contribution in [0.4, 0.5) is 0 Å². The van der Waals surface area contributed by atoms with E-state index in [0.717, 1.165) is 27.5 Å². The number of fused-ring (bicyclic) bond motifs is 5. The molecule has 0 aliphatic carbocycles. The van der Waals surface area contributed by atoms with Gasteiger partial charge in [-0.1, -0.05) is 12.1 Å². The molecular formula is C22H16N2O6. The first kappa shape index (κ1) is 17.0. The van der Waals surface area contributed by atoms with Gasteiger partial charge in [0.05, 0.1) is 12.1 Å². The van der Waals surface area contributed by atoms with Gasteiger partial charge >= 0.3 is 0 Å². The minimum atomic E-state index is -0.303. The Morgan fingerprint density at radius 3 is 2.57 bits per heavy atom. The van der Waals surface area contributed by atoms with Gasteiger partial charge in [-0.15, -0.1) is 0 Å². The summed E-state index contributed by atoms with van der Waals surface area (Å²) in [6.45, 7) is 1.95. The molecule has 2 amide bonds. The second-order valence-electron chi connectivity index (χ2n) is 7.31. The molecule has 0 bridgehead atoms. The van der Waals surface area contributed by atoms with Crippen LogP contribution in [0, 0.1) is 0 Å². The number of carbonyl (C=O) groups is 2. The summed E-state index contributed by atoms with van der Waals surface area (Å²) >= 11 is 0. The summed E-state index contributed by atoms with van der Waals surface area (Å²) in [5, 5.41) is 3.05. The molecule has 8 heteroatoms. The average Bonchev–Trinajstić information content (AvgIpc) is 3.45. The Morgan fingerprint density at radius 2 is 1.70 bits per heavy atom. The maximum Gasteiger partial charge on any atom is 0.273 e. The largest absolute Gasteiger partial charge is 0.454 e. The fourth-order valence-electron chi connectivity index (χ4n) is 4.28. The summed E-state index contributed by atoms with van der Waals surface area (Å²) in [4.78, 5) is 24.9. The second-order valence-corrected chi connectivity index (χ2v) is 7.31. The number of hydrogen-bond donors (Lipinski definition) is 1. The van der Waals surface area contributed by atoms with Gasteiger partial charge in [0.2, 0.25) is 19.5 Å². The lowest BCUT2D eigenvalue weighted by molar-refractivity contribution is -0.122. The lowest BCUT2D eigenvalue weighted by atomic mass is 9.90. The van der Waals surface area contributed by atoms with E-state index in [1.54, 1.807) is 0 Å². The number of ether oxygens (including phenoxy) is 4. The summed E-state index contributed by atoms with van der Waals surface area (Å²) in [5.41, 5.74) is 5.48. The van der Waals surface area contributed by atoms with E-state index in [0.29, 0.717) is 28.6 Å². The van der Waals surface area contributed by atoms with Crippen LogP contribution in [0.2, 0.25) is 0 Å². The van der Waals surface area contributed by atoms with Crippen LogP contribution < -0.4 is 24.4 Å². The molecule has 3 aliphatic rings. The molecule has 0 unspecified atom stereocenters. The average molecular weight is 404 g/mol. The van der Waals surface area contributed by atoms with Crippen molar-refractivity contribution in [3.8, 4) is 34.1 Å². The monoisotopic (exact) mass is 404 g/mol. The van der Waals surface area contributed by atoms with Gasteiger partial charge < -0.3 is 18.9 Å². The van der Waals surface area contributed by atoms with Crippen molar-refractivity contribution in [3.63, 3.8) is 0 Å². The Labute approximate surface area is 170 Å². The predicted molar refractivity (Wildman–Crippen MR) is 105 cm³/mol. The number of hydrogen-bond acceptors (Lipinski definition) is 6. The molecule has 1 N–H and O–H groups in total. The fourth-order valence-corrected chi connectivity index (χ4v) is 4.28. The quantitative estimate of drug-likeness (QED) is 0.707. The van der Waals surface area contributed by atoms with Crippen molar-refractivity contribution in [2.24, 2.45) is 0 Å². The smallest absolute Gasteiger partial charge is 0.273 e. The van der Waals surface area contributed by atoms with E-state index >= 15 is 0 Å². The van der Waals surface area contributed by atoms with Crippen molar-refractivity contribution in [2.45, 2.75) is 13.5 Å². The van der Waals surface area contributed by atoms with Gasteiger partial charge in [-0.05, 0) is 40.8 Å². The van der Waals surface area contributed by atoms with Gasteiger partial charge in [0.1, 0.15) is 0 Å². The Bertz CT molecular complexity index is 1270. The van der Waals surface area contributed by atoms with Crippen LogP contribution in [0.15, 0.2) is 36.4 Å². The van der Waals surface area contributed by atoms with Gasteiger partial charge in [0, 0.05) is 17.9 Å². The van der Waals surface area contributed by atoms with E-state index in [2.05, 4.69) is 5.43 Å². The normalized spacial score (nSPS) is 15.6. The zero-order valence-electron chi connectivity index (χ0n) is 16.0. The number of rotatable bonds is 2. The number of carbonyl (C=O) groups excluding carboxylic acids is 2. The highest BCUT2D eigenvalue weighted by molar-refractivity contribution is 6.15. The van der Waals surface area contributed by atoms with Crippen molar-refractivity contribution in [1.29, 1.82) is 0 Å². The molecule has 3 heterocycles. The zero-order valence-corrected chi connectivity index (χ0v) is 16.0. The summed E-state index contributed by atoms with van der Waals surface area (Å²) in [5.74, 6) is 1.94. The molecule has 30 heavy (non-hydrogen) atoms. The Hall–Kier alpha value is -3.94. The second kappa shape index (κ2) is 6.03. The molecular weight excluding hydrogens is 388 g/mol. The van der Waals surface area contributed by atoms with E-state index in [9.17, 15) is 9.59 Å². The van der Waals surface area contributed by atoms with Crippen LogP contribution in [-0.2, 0) is 11.3 Å². The zero-order chi connectivity index (χ0) is 20.4. The maximum atomic E-state index is 13.3. The van der Waals surface area contributed by atoms with E-state index < -0.39 is 0 Å². The summed E-state index contributed by atoms with van der Waals surface area (Å²) in [6.07, 6.45) is 0. The van der Waals surface area contributed by atoms with Crippen molar-refractivity contribution in [2.75, 3.05) is 13.6 Å². The Balaban J connectivity index is 1.66. The summed E-state index contributed by atoms with van der Waals surface area (Å²) < 4.78 is 22.3. The van der Waals surface area contributed by atoms with Crippen LogP contribution in [-0.4, -0.2) is 30.4 Å². The molecule has 0 atom stereocenters. The van der Waals surface area contributed by atoms with Gasteiger partial charge in [0.25, 0.3) is 5.91 Å². The van der Waals surface area contributed by atoms with Gasteiger partial charge in [-0.3, -0.25) is 15.0 Å².